The first kappa shape index (κ1) is 14.9. The fraction of sp³-hybridized carbons (Fsp3) is 1.00. The lowest BCUT2D eigenvalue weighted by Gasteiger charge is -2.36. The molecule has 3 heteroatoms. The van der Waals surface area contributed by atoms with Gasteiger partial charge in [-0.25, -0.2) is 0 Å². The maximum absolute atomic E-state index is 9.26. The molecule has 0 bridgehead atoms. The molecule has 0 aliphatic heterocycles. The van der Waals surface area contributed by atoms with E-state index < -0.39 is 0 Å². The number of ether oxygens (including phenoxy) is 1. The highest BCUT2D eigenvalue weighted by atomic mass is 16.5. The predicted octanol–water partition coefficient (Wildman–Crippen LogP) is 2.61. The summed E-state index contributed by atoms with van der Waals surface area (Å²) in [5, 5.41) is 9.26. The molecule has 0 aromatic rings. The minimum absolute atomic E-state index is 0.0867. The first-order valence-corrected chi connectivity index (χ1v) is 7.21. The molecule has 3 nitrogen and oxygen atoms in total. The van der Waals surface area contributed by atoms with Gasteiger partial charge in [0.25, 0.3) is 0 Å². The molecule has 102 valence electrons. The van der Waals surface area contributed by atoms with Crippen molar-refractivity contribution in [2.45, 2.75) is 76.4 Å². The molecular formula is C14H29NO2. The van der Waals surface area contributed by atoms with Crippen molar-refractivity contribution in [3.63, 3.8) is 0 Å². The maximum Gasteiger partial charge on any atom is 0.0612 e. The van der Waals surface area contributed by atoms with Crippen LogP contribution in [0, 0.1) is 0 Å². The monoisotopic (exact) mass is 243 g/mol. The van der Waals surface area contributed by atoms with Gasteiger partial charge in [-0.1, -0.05) is 32.6 Å². The number of aliphatic hydroxyl groups excluding tert-OH is 1. The van der Waals surface area contributed by atoms with Crippen molar-refractivity contribution in [1.29, 1.82) is 0 Å². The maximum atomic E-state index is 9.26. The van der Waals surface area contributed by atoms with Crippen LogP contribution in [0.1, 0.15) is 64.7 Å². The fourth-order valence-corrected chi connectivity index (χ4v) is 2.58. The van der Waals surface area contributed by atoms with Crippen molar-refractivity contribution in [3.05, 3.63) is 0 Å². The molecule has 17 heavy (non-hydrogen) atoms. The molecule has 1 saturated carbocycles. The Morgan fingerprint density at radius 3 is 2.76 bits per heavy atom. The normalized spacial score (nSPS) is 29.5. The highest BCUT2D eigenvalue weighted by Crippen LogP contribution is 2.27. The minimum atomic E-state index is -0.384. The van der Waals surface area contributed by atoms with Gasteiger partial charge in [-0.2, -0.15) is 0 Å². The Kier molecular flexibility index (Phi) is 7.09. The van der Waals surface area contributed by atoms with Crippen molar-refractivity contribution in [1.82, 2.24) is 0 Å². The molecule has 1 aliphatic carbocycles. The molecule has 0 amide bonds. The van der Waals surface area contributed by atoms with Crippen molar-refractivity contribution < 1.29 is 9.84 Å². The molecule has 2 atom stereocenters. The quantitative estimate of drug-likeness (QED) is 0.644. The zero-order valence-electron chi connectivity index (χ0n) is 11.3. The second-order valence-corrected chi connectivity index (χ2v) is 5.52. The van der Waals surface area contributed by atoms with E-state index >= 15 is 0 Å². The number of nitrogens with two attached hydrogens (primary N) is 1. The van der Waals surface area contributed by atoms with E-state index in [-0.39, 0.29) is 18.2 Å². The van der Waals surface area contributed by atoms with Crippen molar-refractivity contribution >= 4 is 0 Å². The molecule has 0 saturated heterocycles. The van der Waals surface area contributed by atoms with Crippen LogP contribution in [0.4, 0.5) is 0 Å². The average Bonchev–Trinajstić information content (AvgIpc) is 2.34. The lowest BCUT2D eigenvalue weighted by atomic mass is 9.81. The number of hydrogen-bond donors (Lipinski definition) is 2. The lowest BCUT2D eigenvalue weighted by Crippen LogP contribution is -2.49. The average molecular weight is 243 g/mol. The SMILES string of the molecule is CCCCCCCOC1CCCC(N)(CO)C1. The van der Waals surface area contributed by atoms with Crippen LogP contribution < -0.4 is 5.73 Å². The zero-order valence-corrected chi connectivity index (χ0v) is 11.3. The summed E-state index contributed by atoms with van der Waals surface area (Å²) >= 11 is 0. The first-order chi connectivity index (χ1) is 8.20. The Hall–Kier alpha value is -0.120. The van der Waals surface area contributed by atoms with Crippen LogP contribution >= 0.6 is 0 Å². The Labute approximate surface area is 106 Å². The Morgan fingerprint density at radius 2 is 2.06 bits per heavy atom. The van der Waals surface area contributed by atoms with E-state index in [2.05, 4.69) is 6.92 Å². The van der Waals surface area contributed by atoms with Gasteiger partial charge in [-0.05, 0) is 32.1 Å². The summed E-state index contributed by atoms with van der Waals surface area (Å²) in [4.78, 5) is 0. The van der Waals surface area contributed by atoms with Crippen molar-refractivity contribution in [2.75, 3.05) is 13.2 Å². The molecule has 2 unspecified atom stereocenters. The van der Waals surface area contributed by atoms with Crippen LogP contribution in [0.2, 0.25) is 0 Å². The third kappa shape index (κ3) is 5.84. The third-order valence-corrected chi connectivity index (χ3v) is 3.75. The molecule has 1 aliphatic rings. The number of hydrogen-bond acceptors (Lipinski definition) is 3. The molecule has 0 aromatic carbocycles. The Balaban J connectivity index is 2.06. The summed E-state index contributed by atoms with van der Waals surface area (Å²) in [6, 6.07) is 0. The first-order valence-electron chi connectivity index (χ1n) is 7.21. The number of unbranched alkanes of at least 4 members (excludes halogenated alkanes) is 4. The predicted molar refractivity (Wildman–Crippen MR) is 71.0 cm³/mol. The van der Waals surface area contributed by atoms with E-state index in [1.165, 1.54) is 25.7 Å². The van der Waals surface area contributed by atoms with Crippen LogP contribution in [-0.2, 0) is 4.74 Å². The molecule has 0 spiro atoms. The van der Waals surface area contributed by atoms with E-state index in [1.807, 2.05) is 0 Å². The smallest absolute Gasteiger partial charge is 0.0612 e. The summed E-state index contributed by atoms with van der Waals surface area (Å²) in [5.41, 5.74) is 5.70. The minimum Gasteiger partial charge on any atom is -0.394 e. The third-order valence-electron chi connectivity index (χ3n) is 3.75. The topological polar surface area (TPSA) is 55.5 Å². The Morgan fingerprint density at radius 1 is 1.29 bits per heavy atom. The van der Waals surface area contributed by atoms with Gasteiger partial charge < -0.3 is 15.6 Å². The van der Waals surface area contributed by atoms with E-state index in [0.717, 1.165) is 38.7 Å². The highest BCUT2D eigenvalue weighted by molar-refractivity contribution is 4.90. The van der Waals surface area contributed by atoms with E-state index in [1.54, 1.807) is 0 Å². The van der Waals surface area contributed by atoms with Gasteiger partial charge in [-0.15, -0.1) is 0 Å². The molecule has 1 fully saturated rings. The summed E-state index contributed by atoms with van der Waals surface area (Å²) in [5.74, 6) is 0. The Bertz CT molecular complexity index is 199. The van der Waals surface area contributed by atoms with Crippen LogP contribution in [0.25, 0.3) is 0 Å². The zero-order chi connectivity index (χ0) is 12.6. The van der Waals surface area contributed by atoms with Crippen LogP contribution in [0.15, 0.2) is 0 Å². The van der Waals surface area contributed by atoms with Gasteiger partial charge >= 0.3 is 0 Å². The summed E-state index contributed by atoms with van der Waals surface area (Å²) in [7, 11) is 0. The summed E-state index contributed by atoms with van der Waals surface area (Å²) in [6.07, 6.45) is 10.6. The molecule has 3 N–H and O–H groups in total. The van der Waals surface area contributed by atoms with Gasteiger partial charge in [0.2, 0.25) is 0 Å². The van der Waals surface area contributed by atoms with Crippen LogP contribution in [-0.4, -0.2) is 30.0 Å². The highest BCUT2D eigenvalue weighted by Gasteiger charge is 2.32. The lowest BCUT2D eigenvalue weighted by molar-refractivity contribution is -0.00669. The van der Waals surface area contributed by atoms with Gasteiger partial charge in [0.15, 0.2) is 0 Å². The molecule has 0 heterocycles. The summed E-state index contributed by atoms with van der Waals surface area (Å²) < 4.78 is 5.87. The van der Waals surface area contributed by atoms with Crippen LogP contribution in [0.5, 0.6) is 0 Å². The molecule has 0 aromatic heterocycles. The number of rotatable bonds is 8. The van der Waals surface area contributed by atoms with Crippen molar-refractivity contribution in [2.24, 2.45) is 5.73 Å². The standard InChI is InChI=1S/C14H29NO2/c1-2-3-4-5-6-10-17-13-8-7-9-14(15,11-13)12-16/h13,16H,2-12,15H2,1H3. The van der Waals surface area contributed by atoms with Gasteiger partial charge in [-0.3, -0.25) is 0 Å². The van der Waals surface area contributed by atoms with E-state index in [9.17, 15) is 5.11 Å². The van der Waals surface area contributed by atoms with Gasteiger partial charge in [0.1, 0.15) is 0 Å². The molecular weight excluding hydrogens is 214 g/mol. The largest absolute Gasteiger partial charge is 0.394 e. The van der Waals surface area contributed by atoms with Crippen LogP contribution in [0.3, 0.4) is 0 Å². The molecule has 1 rings (SSSR count). The van der Waals surface area contributed by atoms with Crippen molar-refractivity contribution in [3.8, 4) is 0 Å². The second-order valence-electron chi connectivity index (χ2n) is 5.52. The number of aliphatic hydroxyl groups is 1. The molecule has 0 radical (unpaired) electrons. The second kappa shape index (κ2) is 8.06. The van der Waals surface area contributed by atoms with Gasteiger partial charge in [0, 0.05) is 12.1 Å². The summed E-state index contributed by atoms with van der Waals surface area (Å²) in [6.45, 7) is 3.17. The van der Waals surface area contributed by atoms with E-state index in [4.69, 9.17) is 10.5 Å². The fourth-order valence-electron chi connectivity index (χ4n) is 2.58. The van der Waals surface area contributed by atoms with Gasteiger partial charge in [0.05, 0.1) is 12.7 Å². The van der Waals surface area contributed by atoms with E-state index in [0.29, 0.717) is 0 Å².